The second kappa shape index (κ2) is 14.1. The van der Waals surface area contributed by atoms with Crippen LogP contribution < -0.4 is 5.46 Å². The second-order valence-corrected chi connectivity index (χ2v) is 8.66. The van der Waals surface area contributed by atoms with Crippen LogP contribution in [0, 0.1) is 59.8 Å². The highest BCUT2D eigenvalue weighted by Gasteiger charge is 2.12. The first-order valence-electron chi connectivity index (χ1n) is 10.9. The van der Waals surface area contributed by atoms with Crippen molar-refractivity contribution in [2.45, 2.75) is 13.8 Å². The average molecular weight is 583 g/mol. The summed E-state index contributed by atoms with van der Waals surface area (Å²) in [5, 5.41) is 34.6. The summed E-state index contributed by atoms with van der Waals surface area (Å²) >= 11 is 2.94. The zero-order valence-corrected chi connectivity index (χ0v) is 21.8. The smallest absolute Gasteiger partial charge is 0.423 e. The molecule has 0 fully saturated rings. The van der Waals surface area contributed by atoms with Crippen LogP contribution in [0.5, 0.6) is 0 Å². The third-order valence-electron chi connectivity index (χ3n) is 5.21. The molecule has 192 valence electrons. The molecule has 4 rings (SSSR count). The van der Waals surface area contributed by atoms with Crippen LogP contribution in [0.2, 0.25) is 0 Å². The Morgan fingerprint density at radius 3 is 1.79 bits per heavy atom. The molecule has 38 heavy (non-hydrogen) atoms. The van der Waals surface area contributed by atoms with E-state index >= 15 is 0 Å². The maximum Gasteiger partial charge on any atom is 0.488 e. The van der Waals surface area contributed by atoms with E-state index in [1.165, 1.54) is 44.2 Å². The van der Waals surface area contributed by atoms with Gasteiger partial charge in [-0.3, -0.25) is 0 Å². The van der Waals surface area contributed by atoms with E-state index < -0.39 is 30.4 Å². The molecule has 0 bridgehead atoms. The average Bonchev–Trinajstić information content (AvgIpc) is 2.93. The monoisotopic (exact) mass is 582 g/mol. The van der Waals surface area contributed by atoms with Crippen molar-refractivity contribution in [1.29, 1.82) is 10.5 Å². The van der Waals surface area contributed by atoms with Gasteiger partial charge >= 0.3 is 7.12 Å². The molecule has 4 aromatic rings. The Balaban J connectivity index is 0.000000211. The Bertz CT molecular complexity index is 1490. The topological polar surface area (TPSA) is 88.0 Å². The molecule has 0 aromatic heterocycles. The minimum atomic E-state index is -1.50. The summed E-state index contributed by atoms with van der Waals surface area (Å²) in [7, 11) is -1.50. The van der Waals surface area contributed by atoms with Gasteiger partial charge in [0.1, 0.15) is 23.3 Å². The molecule has 0 atom stereocenters. The largest absolute Gasteiger partial charge is 0.488 e. The van der Waals surface area contributed by atoms with E-state index in [-0.39, 0.29) is 11.1 Å². The molecule has 0 amide bonds. The highest BCUT2D eigenvalue weighted by molar-refractivity contribution is 9.10. The number of rotatable bonds is 2. The van der Waals surface area contributed by atoms with Crippen molar-refractivity contribution < 1.29 is 27.6 Å². The van der Waals surface area contributed by atoms with Gasteiger partial charge in [-0.15, -0.1) is 0 Å². The van der Waals surface area contributed by atoms with E-state index in [4.69, 9.17) is 20.6 Å². The van der Waals surface area contributed by atoms with Crippen LogP contribution in [-0.4, -0.2) is 17.2 Å². The Morgan fingerprint density at radius 2 is 1.24 bits per heavy atom. The maximum absolute atomic E-state index is 13.9. The molecule has 0 aliphatic heterocycles. The Kier molecular flexibility index (Phi) is 11.2. The fourth-order valence-electron chi connectivity index (χ4n) is 3.04. The van der Waals surface area contributed by atoms with E-state index in [2.05, 4.69) is 15.9 Å². The van der Waals surface area contributed by atoms with Gasteiger partial charge in [-0.05, 0) is 89.3 Å². The first-order valence-corrected chi connectivity index (χ1v) is 11.7. The van der Waals surface area contributed by atoms with Gasteiger partial charge in [0.25, 0.3) is 0 Å². The molecule has 4 aromatic carbocycles. The summed E-state index contributed by atoms with van der Waals surface area (Å²) in [4.78, 5) is 0. The summed E-state index contributed by atoms with van der Waals surface area (Å²) in [5.41, 5.74) is 2.13. The highest BCUT2D eigenvalue weighted by Crippen LogP contribution is 2.26. The van der Waals surface area contributed by atoms with Crippen molar-refractivity contribution in [1.82, 2.24) is 0 Å². The molecule has 10 heteroatoms. The first kappa shape index (κ1) is 30.3. The van der Waals surface area contributed by atoms with Gasteiger partial charge in [-0.1, -0.05) is 24.3 Å². The van der Waals surface area contributed by atoms with E-state index in [0.29, 0.717) is 32.2 Å². The van der Waals surface area contributed by atoms with Gasteiger partial charge in [0.05, 0.1) is 27.7 Å². The van der Waals surface area contributed by atoms with E-state index in [0.717, 1.165) is 0 Å². The number of hydrogen-bond acceptors (Lipinski definition) is 4. The fraction of sp³-hybridized carbons (Fsp3) is 0.0714. The normalized spacial score (nSPS) is 9.66. The summed E-state index contributed by atoms with van der Waals surface area (Å²) in [5.74, 6) is -2.19. The van der Waals surface area contributed by atoms with Gasteiger partial charge < -0.3 is 10.0 Å². The summed E-state index contributed by atoms with van der Waals surface area (Å²) in [6.45, 7) is 2.79. The lowest BCUT2D eigenvalue weighted by Gasteiger charge is -2.06. The lowest BCUT2D eigenvalue weighted by molar-refractivity contribution is 0.426. The third kappa shape index (κ3) is 8.02. The van der Waals surface area contributed by atoms with E-state index in [1.807, 2.05) is 12.1 Å². The zero-order chi connectivity index (χ0) is 28.4. The standard InChI is InChI=1S/C14H9F2N.C7H6BNO2.C7H5BrF2/c1-9-13(15)6-5-12(14(9)16)11-4-2-3-10(7-11)8-17;9-5-6-2-1-3-7(4-6)8(10)11;1-4-6(9)3-2-5(8)7(4)10/h2-7H,1H3;1-4,10-11H;2-3H,1H3. The predicted molar refractivity (Wildman–Crippen MR) is 141 cm³/mol. The number of hydrogen-bond donors (Lipinski definition) is 2. The van der Waals surface area contributed by atoms with E-state index in [9.17, 15) is 17.6 Å². The SMILES string of the molecule is Cc1c(F)ccc(-c2cccc(C#N)c2)c1F.Cc1c(F)ccc(Br)c1F.N#Cc1cccc(B(O)O)c1. The van der Waals surface area contributed by atoms with Crippen LogP contribution in [0.15, 0.2) is 77.3 Å². The molecule has 0 radical (unpaired) electrons. The second-order valence-electron chi connectivity index (χ2n) is 7.81. The Labute approximate surface area is 226 Å². The molecule has 0 spiro atoms. The van der Waals surface area contributed by atoms with Crippen molar-refractivity contribution in [3.05, 3.63) is 123 Å². The lowest BCUT2D eigenvalue weighted by atomic mass is 9.80. The molecule has 4 nitrogen and oxygen atoms in total. The van der Waals surface area contributed by atoms with Gasteiger partial charge in [0.2, 0.25) is 0 Å². The van der Waals surface area contributed by atoms with E-state index in [1.54, 1.807) is 42.5 Å². The number of benzene rings is 4. The molecule has 0 heterocycles. The van der Waals surface area contributed by atoms with Gasteiger partial charge in [0, 0.05) is 16.7 Å². The Morgan fingerprint density at radius 1 is 0.711 bits per heavy atom. The molecular formula is C28H20BBrF4N2O2. The van der Waals surface area contributed by atoms with Crippen molar-refractivity contribution in [2.24, 2.45) is 0 Å². The summed E-state index contributed by atoms with van der Waals surface area (Å²) < 4.78 is 52.5. The maximum atomic E-state index is 13.9. The minimum Gasteiger partial charge on any atom is -0.423 e. The van der Waals surface area contributed by atoms with Crippen LogP contribution in [0.1, 0.15) is 22.3 Å². The van der Waals surface area contributed by atoms with Crippen LogP contribution in [0.3, 0.4) is 0 Å². The van der Waals surface area contributed by atoms with Gasteiger partial charge in [-0.25, -0.2) is 17.6 Å². The zero-order valence-electron chi connectivity index (χ0n) is 20.2. The van der Waals surface area contributed by atoms with Crippen molar-refractivity contribution >= 4 is 28.5 Å². The van der Waals surface area contributed by atoms with Crippen LogP contribution in [0.25, 0.3) is 11.1 Å². The van der Waals surface area contributed by atoms with Crippen LogP contribution >= 0.6 is 15.9 Å². The number of nitrogens with zero attached hydrogens (tertiary/aromatic N) is 2. The minimum absolute atomic E-state index is 0.00939. The first-order chi connectivity index (χ1) is 18.0. The number of halogens is 5. The molecule has 2 N–H and O–H groups in total. The van der Waals surface area contributed by atoms with Crippen molar-refractivity contribution in [2.75, 3.05) is 0 Å². The molecule has 0 saturated carbocycles. The van der Waals surface area contributed by atoms with Gasteiger partial charge in [-0.2, -0.15) is 10.5 Å². The van der Waals surface area contributed by atoms with Crippen molar-refractivity contribution in [3.8, 4) is 23.3 Å². The molecule has 0 aliphatic carbocycles. The molecule has 0 unspecified atom stereocenters. The van der Waals surface area contributed by atoms with Crippen LogP contribution in [0.4, 0.5) is 17.6 Å². The molecule has 0 saturated heterocycles. The molecular weight excluding hydrogens is 563 g/mol. The summed E-state index contributed by atoms with van der Waals surface area (Å²) in [6.07, 6.45) is 0. The third-order valence-corrected chi connectivity index (χ3v) is 5.82. The van der Waals surface area contributed by atoms with Crippen molar-refractivity contribution in [3.63, 3.8) is 0 Å². The fourth-order valence-corrected chi connectivity index (χ4v) is 3.47. The lowest BCUT2D eigenvalue weighted by Crippen LogP contribution is -2.29. The van der Waals surface area contributed by atoms with Gasteiger partial charge in [0.15, 0.2) is 0 Å². The Hall–Kier alpha value is -3.96. The number of nitriles is 2. The highest BCUT2D eigenvalue weighted by atomic mass is 79.9. The molecule has 0 aliphatic rings. The van der Waals surface area contributed by atoms with Crippen LogP contribution in [-0.2, 0) is 0 Å². The predicted octanol–water partition coefficient (Wildman–Crippen LogP) is 6.09. The summed E-state index contributed by atoms with van der Waals surface area (Å²) in [6, 6.07) is 21.8. The quantitative estimate of drug-likeness (QED) is 0.170.